The lowest BCUT2D eigenvalue weighted by molar-refractivity contribution is 0.104. The van der Waals surface area contributed by atoms with Crippen molar-refractivity contribution in [2.75, 3.05) is 27.2 Å². The molecule has 27 heavy (non-hydrogen) atoms. The van der Waals surface area contributed by atoms with Gasteiger partial charge in [0.2, 0.25) is 0 Å². The molecule has 3 aromatic rings. The molecule has 0 saturated heterocycles. The molecule has 0 aliphatic heterocycles. The molecule has 0 N–H and O–H groups in total. The molecule has 1 aromatic heterocycles. The zero-order valence-corrected chi connectivity index (χ0v) is 15.8. The fourth-order valence-corrected chi connectivity index (χ4v) is 2.91. The van der Waals surface area contributed by atoms with Crippen molar-refractivity contribution in [3.05, 3.63) is 78.1 Å². The maximum Gasteiger partial charge on any atom is 0.186 e. The first kappa shape index (κ1) is 18.8. The van der Waals surface area contributed by atoms with Crippen LogP contribution >= 0.6 is 0 Å². The molecule has 0 aliphatic carbocycles. The van der Waals surface area contributed by atoms with Crippen LogP contribution in [0.15, 0.2) is 67.0 Å². The molecule has 0 spiro atoms. The number of hydrogen-bond acceptors (Lipinski definition) is 4. The van der Waals surface area contributed by atoms with Gasteiger partial charge in [-0.05, 0) is 61.8 Å². The maximum atomic E-state index is 12.7. The summed E-state index contributed by atoms with van der Waals surface area (Å²) in [6, 6.07) is 15.4. The molecule has 0 bridgehead atoms. The predicted molar refractivity (Wildman–Crippen MR) is 110 cm³/mol. The minimum Gasteiger partial charge on any atom is -0.493 e. The highest BCUT2D eigenvalue weighted by molar-refractivity contribution is 6.15. The molecule has 3 rings (SSSR count). The third-order valence-electron chi connectivity index (χ3n) is 4.27. The van der Waals surface area contributed by atoms with Crippen molar-refractivity contribution >= 4 is 22.6 Å². The monoisotopic (exact) mass is 360 g/mol. The van der Waals surface area contributed by atoms with Gasteiger partial charge in [0, 0.05) is 29.9 Å². The molecule has 0 saturated carbocycles. The Bertz CT molecular complexity index is 934. The lowest BCUT2D eigenvalue weighted by atomic mass is 10.00. The van der Waals surface area contributed by atoms with Gasteiger partial charge in [-0.25, -0.2) is 0 Å². The number of ether oxygens (including phenoxy) is 1. The second kappa shape index (κ2) is 9.10. The first-order chi connectivity index (χ1) is 13.1. The average Bonchev–Trinajstić information content (AvgIpc) is 2.70. The average molecular weight is 360 g/mol. The van der Waals surface area contributed by atoms with Crippen molar-refractivity contribution in [3.8, 4) is 5.75 Å². The van der Waals surface area contributed by atoms with Gasteiger partial charge in [0.05, 0.1) is 6.61 Å². The van der Waals surface area contributed by atoms with E-state index in [0.29, 0.717) is 12.2 Å². The van der Waals surface area contributed by atoms with E-state index in [-0.39, 0.29) is 5.78 Å². The quantitative estimate of drug-likeness (QED) is 0.338. The molecule has 0 radical (unpaired) electrons. The van der Waals surface area contributed by atoms with E-state index < -0.39 is 0 Å². The van der Waals surface area contributed by atoms with Crippen LogP contribution in [-0.4, -0.2) is 42.9 Å². The number of carbonyl (C=O) groups excluding carboxylic acids is 1. The second-order valence-electron chi connectivity index (χ2n) is 6.65. The molecule has 4 nitrogen and oxygen atoms in total. The van der Waals surface area contributed by atoms with E-state index >= 15 is 0 Å². The Hall–Kier alpha value is -2.98. The van der Waals surface area contributed by atoms with E-state index in [1.165, 1.54) is 0 Å². The minimum atomic E-state index is -0.0331. The molecular weight excluding hydrogens is 336 g/mol. The molecule has 0 unspecified atom stereocenters. The number of aromatic nitrogens is 1. The van der Waals surface area contributed by atoms with E-state index in [0.717, 1.165) is 35.1 Å². The van der Waals surface area contributed by atoms with Crippen LogP contribution in [0.2, 0.25) is 0 Å². The smallest absolute Gasteiger partial charge is 0.186 e. The summed E-state index contributed by atoms with van der Waals surface area (Å²) in [6.07, 6.45) is 7.78. The van der Waals surface area contributed by atoms with Gasteiger partial charge in [-0.2, -0.15) is 0 Å². The van der Waals surface area contributed by atoms with E-state index in [1.54, 1.807) is 24.5 Å². The number of hydrogen-bond donors (Lipinski definition) is 0. The molecule has 2 aromatic carbocycles. The van der Waals surface area contributed by atoms with Gasteiger partial charge in [0.15, 0.2) is 5.78 Å². The number of benzene rings is 2. The summed E-state index contributed by atoms with van der Waals surface area (Å²) in [5.74, 6) is 0.784. The number of fused-ring (bicyclic) bond motifs is 1. The normalized spacial score (nSPS) is 11.4. The number of allylic oxidation sites excluding steroid dienone is 1. The highest BCUT2D eigenvalue weighted by Crippen LogP contribution is 2.29. The first-order valence-corrected chi connectivity index (χ1v) is 9.07. The number of ketones is 1. The van der Waals surface area contributed by atoms with Crippen molar-refractivity contribution in [1.29, 1.82) is 0 Å². The largest absolute Gasteiger partial charge is 0.493 e. The highest BCUT2D eigenvalue weighted by atomic mass is 16.5. The fourth-order valence-electron chi connectivity index (χ4n) is 2.91. The third kappa shape index (κ3) is 5.02. The van der Waals surface area contributed by atoms with Gasteiger partial charge in [0.25, 0.3) is 0 Å². The Morgan fingerprint density at radius 3 is 2.63 bits per heavy atom. The van der Waals surface area contributed by atoms with Crippen LogP contribution in [0.4, 0.5) is 0 Å². The standard InChI is InChI=1S/C23H24N2O2/c1-25(2)15-6-16-27-23-13-11-20(19-8-3-4-9-21(19)23)22(26)12-10-18-7-5-14-24-17-18/h3-5,7-14,17H,6,15-16H2,1-2H3/b12-10+. The van der Waals surface area contributed by atoms with Gasteiger partial charge in [-0.15, -0.1) is 0 Å². The maximum absolute atomic E-state index is 12.7. The Balaban J connectivity index is 1.81. The van der Waals surface area contributed by atoms with Gasteiger partial charge in [-0.1, -0.05) is 30.3 Å². The number of rotatable bonds is 8. The van der Waals surface area contributed by atoms with Crippen LogP contribution in [-0.2, 0) is 0 Å². The van der Waals surface area contributed by atoms with Gasteiger partial charge in [0.1, 0.15) is 5.75 Å². The Morgan fingerprint density at radius 2 is 1.89 bits per heavy atom. The van der Waals surface area contributed by atoms with Crippen molar-refractivity contribution in [2.24, 2.45) is 0 Å². The Kier molecular flexibility index (Phi) is 6.34. The van der Waals surface area contributed by atoms with Crippen molar-refractivity contribution < 1.29 is 9.53 Å². The highest BCUT2D eigenvalue weighted by Gasteiger charge is 2.11. The fraction of sp³-hybridized carbons (Fsp3) is 0.217. The van der Waals surface area contributed by atoms with Gasteiger partial charge < -0.3 is 9.64 Å². The summed E-state index contributed by atoms with van der Waals surface area (Å²) >= 11 is 0. The number of pyridine rings is 1. The first-order valence-electron chi connectivity index (χ1n) is 9.07. The van der Waals surface area contributed by atoms with E-state index in [2.05, 4.69) is 24.0 Å². The Morgan fingerprint density at radius 1 is 1.07 bits per heavy atom. The predicted octanol–water partition coefficient (Wildman–Crippen LogP) is 4.46. The summed E-state index contributed by atoms with van der Waals surface area (Å²) in [4.78, 5) is 18.9. The number of nitrogens with zero attached hydrogens (tertiary/aromatic N) is 2. The van der Waals surface area contributed by atoms with E-state index in [9.17, 15) is 4.79 Å². The molecule has 138 valence electrons. The number of carbonyl (C=O) groups is 1. The lowest BCUT2D eigenvalue weighted by Gasteiger charge is -2.13. The Labute approximate surface area is 160 Å². The van der Waals surface area contributed by atoms with Crippen LogP contribution in [0, 0.1) is 0 Å². The van der Waals surface area contributed by atoms with Crippen molar-refractivity contribution in [2.45, 2.75) is 6.42 Å². The molecule has 1 heterocycles. The van der Waals surface area contributed by atoms with Crippen LogP contribution in [0.5, 0.6) is 5.75 Å². The van der Waals surface area contributed by atoms with Crippen molar-refractivity contribution in [1.82, 2.24) is 9.88 Å². The summed E-state index contributed by atoms with van der Waals surface area (Å²) in [6.45, 7) is 1.63. The van der Waals surface area contributed by atoms with E-state index in [1.807, 2.05) is 48.5 Å². The van der Waals surface area contributed by atoms with Crippen LogP contribution < -0.4 is 4.74 Å². The third-order valence-corrected chi connectivity index (χ3v) is 4.27. The van der Waals surface area contributed by atoms with Crippen molar-refractivity contribution in [3.63, 3.8) is 0 Å². The summed E-state index contributed by atoms with van der Waals surface area (Å²) in [7, 11) is 4.10. The zero-order chi connectivity index (χ0) is 19.1. The SMILES string of the molecule is CN(C)CCCOc1ccc(C(=O)/C=C/c2cccnc2)c2ccccc12. The van der Waals surface area contributed by atoms with Gasteiger partial charge in [-0.3, -0.25) is 9.78 Å². The summed E-state index contributed by atoms with van der Waals surface area (Å²) in [5.41, 5.74) is 1.57. The second-order valence-corrected chi connectivity index (χ2v) is 6.65. The molecular formula is C23H24N2O2. The van der Waals surface area contributed by atoms with E-state index in [4.69, 9.17) is 4.74 Å². The molecule has 0 aliphatic rings. The molecule has 0 atom stereocenters. The molecule has 4 heteroatoms. The molecule has 0 amide bonds. The lowest BCUT2D eigenvalue weighted by Crippen LogP contribution is -2.15. The summed E-state index contributed by atoms with van der Waals surface area (Å²) < 4.78 is 5.97. The van der Waals surface area contributed by atoms with Crippen LogP contribution in [0.25, 0.3) is 16.8 Å². The molecule has 0 fully saturated rings. The van der Waals surface area contributed by atoms with Gasteiger partial charge >= 0.3 is 0 Å². The van der Waals surface area contributed by atoms with Crippen LogP contribution in [0.1, 0.15) is 22.3 Å². The minimum absolute atomic E-state index is 0.0331. The zero-order valence-electron chi connectivity index (χ0n) is 15.8. The topological polar surface area (TPSA) is 42.4 Å². The summed E-state index contributed by atoms with van der Waals surface area (Å²) in [5, 5.41) is 1.87. The van der Waals surface area contributed by atoms with Crippen LogP contribution in [0.3, 0.4) is 0 Å².